The summed E-state index contributed by atoms with van der Waals surface area (Å²) in [6.45, 7) is 4.25. The molecule has 0 bridgehead atoms. The number of hydrogen-bond acceptors (Lipinski definition) is 5. The second-order valence-corrected chi connectivity index (χ2v) is 8.36. The molecule has 2 atom stereocenters. The highest BCUT2D eigenvalue weighted by atomic mass is 16.5. The van der Waals surface area contributed by atoms with Gasteiger partial charge < -0.3 is 15.6 Å². The first-order valence-corrected chi connectivity index (χ1v) is 12.1. The van der Waals surface area contributed by atoms with Gasteiger partial charge in [-0.25, -0.2) is 0 Å². The van der Waals surface area contributed by atoms with Crippen molar-refractivity contribution in [2.75, 3.05) is 0 Å². The first-order valence-electron chi connectivity index (χ1n) is 12.1. The number of carbonyl (C=O) groups excluding carboxylic acids is 2. The van der Waals surface area contributed by atoms with Crippen molar-refractivity contribution < 1.29 is 24.2 Å². The van der Waals surface area contributed by atoms with Gasteiger partial charge in [-0.05, 0) is 25.7 Å². The standard InChI is InChI=1S/C24H45NO5/c1-3-5-7-8-9-10-11-12-13-14-15-16-21(26)22(17-6-4-2)30-24(29)20(25)18-19-23(27)28/h20,22H,3-19,25H2,1-2H3,(H,27,28)/t20-,22?/m0/s1. The summed E-state index contributed by atoms with van der Waals surface area (Å²) in [6.07, 6.45) is 15.1. The molecule has 0 rings (SSSR count). The van der Waals surface area contributed by atoms with Crippen LogP contribution in [0.25, 0.3) is 0 Å². The third-order valence-electron chi connectivity index (χ3n) is 5.44. The summed E-state index contributed by atoms with van der Waals surface area (Å²) in [4.78, 5) is 35.2. The van der Waals surface area contributed by atoms with E-state index in [0.29, 0.717) is 12.8 Å². The second kappa shape index (κ2) is 19.5. The van der Waals surface area contributed by atoms with Crippen LogP contribution in [0, 0.1) is 0 Å². The van der Waals surface area contributed by atoms with E-state index in [4.69, 9.17) is 15.6 Å². The third-order valence-corrected chi connectivity index (χ3v) is 5.44. The molecule has 0 aromatic rings. The molecule has 3 N–H and O–H groups in total. The zero-order valence-electron chi connectivity index (χ0n) is 19.3. The molecule has 0 amide bonds. The fourth-order valence-corrected chi connectivity index (χ4v) is 3.42. The van der Waals surface area contributed by atoms with Crippen LogP contribution in [0.1, 0.15) is 123 Å². The Hall–Kier alpha value is -1.43. The monoisotopic (exact) mass is 427 g/mol. The number of carbonyl (C=O) groups is 3. The fraction of sp³-hybridized carbons (Fsp3) is 0.875. The van der Waals surface area contributed by atoms with Crippen LogP contribution in [-0.4, -0.2) is 35.0 Å². The van der Waals surface area contributed by atoms with Gasteiger partial charge in [-0.2, -0.15) is 0 Å². The summed E-state index contributed by atoms with van der Waals surface area (Å²) in [5.74, 6) is -1.73. The lowest BCUT2D eigenvalue weighted by Gasteiger charge is -2.19. The van der Waals surface area contributed by atoms with Crippen LogP contribution in [-0.2, 0) is 19.1 Å². The Bertz CT molecular complexity index is 467. The molecule has 0 aromatic heterocycles. The van der Waals surface area contributed by atoms with Crippen LogP contribution >= 0.6 is 0 Å². The van der Waals surface area contributed by atoms with Crippen molar-refractivity contribution in [2.45, 2.75) is 135 Å². The average molecular weight is 428 g/mol. The predicted octanol–water partition coefficient (Wildman–Crippen LogP) is 5.55. The minimum Gasteiger partial charge on any atom is -0.481 e. The van der Waals surface area contributed by atoms with Gasteiger partial charge in [0.2, 0.25) is 0 Å². The molecular formula is C24H45NO5. The number of carboxylic acids is 1. The molecule has 6 nitrogen and oxygen atoms in total. The van der Waals surface area contributed by atoms with E-state index in [1.165, 1.54) is 51.4 Å². The quantitative estimate of drug-likeness (QED) is 0.184. The van der Waals surface area contributed by atoms with Crippen molar-refractivity contribution in [3.05, 3.63) is 0 Å². The molecule has 0 saturated heterocycles. The van der Waals surface area contributed by atoms with Crippen molar-refractivity contribution >= 4 is 17.7 Å². The Balaban J connectivity index is 4.06. The van der Waals surface area contributed by atoms with E-state index in [-0.39, 0.29) is 18.6 Å². The molecule has 0 fully saturated rings. The zero-order valence-corrected chi connectivity index (χ0v) is 19.3. The number of aliphatic carboxylic acids is 1. The Kier molecular flexibility index (Phi) is 18.6. The molecule has 0 aromatic carbocycles. The van der Waals surface area contributed by atoms with Gasteiger partial charge in [0.25, 0.3) is 0 Å². The lowest BCUT2D eigenvalue weighted by atomic mass is 10.0. The smallest absolute Gasteiger partial charge is 0.323 e. The average Bonchev–Trinajstić information content (AvgIpc) is 2.72. The number of Topliss-reactive ketones (excluding diaryl/α,β-unsaturated/α-hetero) is 1. The van der Waals surface area contributed by atoms with Crippen LogP contribution in [0.15, 0.2) is 0 Å². The second-order valence-electron chi connectivity index (χ2n) is 8.36. The number of nitrogens with two attached hydrogens (primary N) is 1. The molecule has 30 heavy (non-hydrogen) atoms. The topological polar surface area (TPSA) is 107 Å². The zero-order chi connectivity index (χ0) is 22.6. The van der Waals surface area contributed by atoms with Crippen molar-refractivity contribution in [3.63, 3.8) is 0 Å². The molecule has 1 unspecified atom stereocenters. The molecule has 0 aliphatic rings. The molecule has 0 aliphatic heterocycles. The maximum absolute atomic E-state index is 12.5. The predicted molar refractivity (Wildman–Crippen MR) is 120 cm³/mol. The van der Waals surface area contributed by atoms with E-state index in [1.54, 1.807) is 0 Å². The summed E-state index contributed by atoms with van der Waals surface area (Å²) in [5.41, 5.74) is 5.71. The lowest BCUT2D eigenvalue weighted by molar-refractivity contribution is -0.157. The van der Waals surface area contributed by atoms with Gasteiger partial charge in [0.05, 0.1) is 0 Å². The highest BCUT2D eigenvalue weighted by molar-refractivity contribution is 5.86. The molecule has 0 spiro atoms. The lowest BCUT2D eigenvalue weighted by Crippen LogP contribution is -2.38. The summed E-state index contributed by atoms with van der Waals surface area (Å²) in [7, 11) is 0. The molecule has 6 heteroatoms. The number of ether oxygens (including phenoxy) is 1. The van der Waals surface area contributed by atoms with Gasteiger partial charge in [-0.1, -0.05) is 84.5 Å². The van der Waals surface area contributed by atoms with Crippen LogP contribution in [0.5, 0.6) is 0 Å². The first-order chi connectivity index (χ1) is 14.4. The summed E-state index contributed by atoms with van der Waals surface area (Å²) in [5, 5.41) is 8.70. The number of rotatable bonds is 21. The first kappa shape index (κ1) is 28.6. The number of hydrogen-bond donors (Lipinski definition) is 2. The molecule has 0 heterocycles. The van der Waals surface area contributed by atoms with E-state index < -0.39 is 24.1 Å². The molecule has 176 valence electrons. The van der Waals surface area contributed by atoms with Gasteiger partial charge >= 0.3 is 11.9 Å². The SMILES string of the molecule is CCCCCCCCCCCCCC(=O)C(CCCC)OC(=O)[C@@H](N)CCC(=O)O. The Labute approximate surface area is 183 Å². The highest BCUT2D eigenvalue weighted by Crippen LogP contribution is 2.15. The Morgan fingerprint density at radius 1 is 0.733 bits per heavy atom. The molecule has 0 saturated carbocycles. The van der Waals surface area contributed by atoms with E-state index in [2.05, 4.69) is 6.92 Å². The van der Waals surface area contributed by atoms with E-state index in [9.17, 15) is 14.4 Å². The van der Waals surface area contributed by atoms with Crippen molar-refractivity contribution in [2.24, 2.45) is 5.73 Å². The van der Waals surface area contributed by atoms with Gasteiger partial charge in [-0.15, -0.1) is 0 Å². The Morgan fingerprint density at radius 3 is 1.73 bits per heavy atom. The van der Waals surface area contributed by atoms with Gasteiger partial charge in [0, 0.05) is 12.8 Å². The number of unbranched alkanes of at least 4 members (excludes halogenated alkanes) is 11. The minimum atomic E-state index is -1.01. The third kappa shape index (κ3) is 16.4. The minimum absolute atomic E-state index is 0.0153. The maximum atomic E-state index is 12.5. The molecule has 0 radical (unpaired) electrons. The number of ketones is 1. The van der Waals surface area contributed by atoms with Crippen LogP contribution in [0.3, 0.4) is 0 Å². The molecular weight excluding hydrogens is 382 g/mol. The van der Waals surface area contributed by atoms with Crippen LogP contribution < -0.4 is 5.73 Å². The number of esters is 1. The number of carboxylic acid groups (broad SMARTS) is 1. The largest absolute Gasteiger partial charge is 0.481 e. The van der Waals surface area contributed by atoms with Gasteiger partial charge in [0.1, 0.15) is 6.04 Å². The van der Waals surface area contributed by atoms with Crippen LogP contribution in [0.2, 0.25) is 0 Å². The summed E-state index contributed by atoms with van der Waals surface area (Å²) < 4.78 is 5.35. The van der Waals surface area contributed by atoms with Crippen molar-refractivity contribution in [1.82, 2.24) is 0 Å². The fourth-order valence-electron chi connectivity index (χ4n) is 3.42. The Morgan fingerprint density at radius 2 is 1.23 bits per heavy atom. The van der Waals surface area contributed by atoms with Crippen molar-refractivity contribution in [3.8, 4) is 0 Å². The van der Waals surface area contributed by atoms with Crippen molar-refractivity contribution in [1.29, 1.82) is 0 Å². The highest BCUT2D eigenvalue weighted by Gasteiger charge is 2.25. The maximum Gasteiger partial charge on any atom is 0.323 e. The van der Waals surface area contributed by atoms with E-state index >= 15 is 0 Å². The van der Waals surface area contributed by atoms with Gasteiger partial charge in [-0.3, -0.25) is 14.4 Å². The summed E-state index contributed by atoms with van der Waals surface area (Å²) >= 11 is 0. The van der Waals surface area contributed by atoms with E-state index in [1.807, 2.05) is 6.92 Å². The van der Waals surface area contributed by atoms with Gasteiger partial charge in [0.15, 0.2) is 11.9 Å². The van der Waals surface area contributed by atoms with E-state index in [0.717, 1.165) is 32.1 Å². The van der Waals surface area contributed by atoms with Crippen LogP contribution in [0.4, 0.5) is 0 Å². The summed E-state index contributed by atoms with van der Waals surface area (Å²) in [6, 6.07) is -1.00. The molecule has 0 aliphatic carbocycles. The normalized spacial score (nSPS) is 13.0.